The van der Waals surface area contributed by atoms with Crippen molar-refractivity contribution in [1.29, 1.82) is 0 Å². The van der Waals surface area contributed by atoms with Crippen molar-refractivity contribution in [3.05, 3.63) is 36.2 Å². The summed E-state index contributed by atoms with van der Waals surface area (Å²) in [5.74, 6) is 0.0914. The van der Waals surface area contributed by atoms with Crippen molar-refractivity contribution in [2.45, 2.75) is 5.16 Å². The Hall–Kier alpha value is -2.94. The van der Waals surface area contributed by atoms with E-state index in [4.69, 9.17) is 10.5 Å². The fourth-order valence-electron chi connectivity index (χ4n) is 2.33. The molecule has 0 saturated heterocycles. The van der Waals surface area contributed by atoms with E-state index >= 15 is 0 Å². The van der Waals surface area contributed by atoms with Crippen LogP contribution in [0.25, 0.3) is 5.65 Å². The molecule has 0 aliphatic rings. The van der Waals surface area contributed by atoms with Gasteiger partial charge in [0.25, 0.3) is 5.91 Å². The number of amides is 1. The van der Waals surface area contributed by atoms with Gasteiger partial charge in [-0.3, -0.25) is 9.20 Å². The van der Waals surface area contributed by atoms with Crippen LogP contribution < -0.4 is 15.8 Å². The molecular weight excluding hydrogens is 330 g/mol. The van der Waals surface area contributed by atoms with Crippen molar-refractivity contribution in [3.63, 3.8) is 0 Å². The third-order valence-corrected chi connectivity index (χ3v) is 3.99. The van der Waals surface area contributed by atoms with Crippen molar-refractivity contribution in [2.24, 2.45) is 5.73 Å². The highest BCUT2D eigenvalue weighted by Gasteiger charge is 2.19. The molecule has 3 rings (SSSR count). The number of phenols is 1. The van der Waals surface area contributed by atoms with Crippen molar-refractivity contribution in [3.8, 4) is 11.5 Å². The predicted molar refractivity (Wildman–Crippen MR) is 91.2 cm³/mol. The molecule has 2 aromatic heterocycles. The number of carbonyl (C=O) groups excluding carboxylic acids is 1. The molecule has 9 heteroatoms. The molecule has 4 N–H and O–H groups in total. The quantitative estimate of drug-likeness (QED) is 0.478. The minimum Gasteiger partial charge on any atom is -0.508 e. The van der Waals surface area contributed by atoms with E-state index in [1.165, 1.54) is 31.0 Å². The van der Waals surface area contributed by atoms with Gasteiger partial charge in [-0.05, 0) is 6.26 Å². The van der Waals surface area contributed by atoms with E-state index in [2.05, 4.69) is 15.3 Å². The van der Waals surface area contributed by atoms with Crippen LogP contribution >= 0.6 is 11.8 Å². The van der Waals surface area contributed by atoms with Gasteiger partial charge >= 0.3 is 0 Å². The van der Waals surface area contributed by atoms with Crippen LogP contribution in [-0.4, -0.2) is 38.7 Å². The second-order valence-electron chi connectivity index (χ2n) is 4.85. The van der Waals surface area contributed by atoms with Crippen molar-refractivity contribution in [1.82, 2.24) is 14.4 Å². The van der Waals surface area contributed by atoms with Crippen LogP contribution in [0.3, 0.4) is 0 Å². The molecule has 8 nitrogen and oxygen atoms in total. The molecule has 3 aromatic rings. The molecule has 0 atom stereocenters. The predicted octanol–water partition coefficient (Wildman–Crippen LogP) is 2.01. The number of benzene rings is 1. The van der Waals surface area contributed by atoms with Gasteiger partial charge in [-0.15, -0.1) is 0 Å². The third-order valence-electron chi connectivity index (χ3n) is 3.33. The lowest BCUT2D eigenvalue weighted by atomic mass is 10.2. The second-order valence-corrected chi connectivity index (χ2v) is 5.63. The molecule has 2 heterocycles. The van der Waals surface area contributed by atoms with Crippen molar-refractivity contribution < 1.29 is 14.6 Å². The number of nitrogens with two attached hydrogens (primary N) is 1. The Morgan fingerprint density at radius 1 is 1.42 bits per heavy atom. The Kier molecular flexibility index (Phi) is 4.17. The number of aromatic hydroxyl groups is 1. The number of anilines is 2. The molecule has 0 aliphatic carbocycles. The number of nitrogens with one attached hydrogen (secondary N) is 1. The zero-order valence-electron chi connectivity index (χ0n) is 13.0. The van der Waals surface area contributed by atoms with Gasteiger partial charge in [0.15, 0.2) is 10.8 Å². The molecule has 0 fully saturated rings. The van der Waals surface area contributed by atoms with Gasteiger partial charge in [-0.1, -0.05) is 11.8 Å². The lowest BCUT2D eigenvalue weighted by Crippen LogP contribution is -2.17. The van der Waals surface area contributed by atoms with Gasteiger partial charge in [-0.25, -0.2) is 9.97 Å². The lowest BCUT2D eigenvalue weighted by Gasteiger charge is -2.13. The summed E-state index contributed by atoms with van der Waals surface area (Å²) in [6.45, 7) is 0. The molecule has 24 heavy (non-hydrogen) atoms. The highest BCUT2D eigenvalue weighted by molar-refractivity contribution is 7.98. The normalized spacial score (nSPS) is 10.8. The summed E-state index contributed by atoms with van der Waals surface area (Å²) in [5, 5.41) is 13.4. The van der Waals surface area contributed by atoms with E-state index in [1.807, 2.05) is 6.26 Å². The van der Waals surface area contributed by atoms with Gasteiger partial charge in [0.1, 0.15) is 22.9 Å². The zero-order valence-corrected chi connectivity index (χ0v) is 13.8. The number of thioether (sulfide) groups is 1. The van der Waals surface area contributed by atoms with Crippen LogP contribution in [-0.2, 0) is 0 Å². The molecule has 1 aromatic carbocycles. The average molecular weight is 345 g/mol. The topological polar surface area (TPSA) is 115 Å². The zero-order chi connectivity index (χ0) is 17.3. The smallest absolute Gasteiger partial charge is 0.256 e. The molecule has 0 aliphatic heterocycles. The summed E-state index contributed by atoms with van der Waals surface area (Å²) >= 11 is 1.40. The number of hydrogen-bond acceptors (Lipinski definition) is 7. The molecular formula is C15H15N5O3S. The lowest BCUT2D eigenvalue weighted by molar-refractivity contribution is 0.100. The van der Waals surface area contributed by atoms with E-state index in [-0.39, 0.29) is 17.1 Å². The first-order valence-electron chi connectivity index (χ1n) is 6.89. The van der Waals surface area contributed by atoms with Gasteiger partial charge < -0.3 is 20.9 Å². The number of ether oxygens (including phenoxy) is 1. The number of methoxy groups -OCH3 is 1. The number of rotatable bonds is 5. The van der Waals surface area contributed by atoms with E-state index in [0.29, 0.717) is 22.2 Å². The number of hydrogen-bond donors (Lipinski definition) is 3. The SMILES string of the molecule is COc1cc(O)cc(Nc2nc(SC)n3ccnc3c2C(N)=O)c1. The molecule has 0 bridgehead atoms. The summed E-state index contributed by atoms with van der Waals surface area (Å²) in [5.41, 5.74) is 6.60. The van der Waals surface area contributed by atoms with E-state index < -0.39 is 5.91 Å². The molecule has 0 unspecified atom stereocenters. The number of nitrogens with zero attached hydrogens (tertiary/aromatic N) is 3. The summed E-state index contributed by atoms with van der Waals surface area (Å²) in [4.78, 5) is 20.6. The number of primary amides is 1. The minimum atomic E-state index is -0.652. The first-order valence-corrected chi connectivity index (χ1v) is 8.12. The standard InChI is InChI=1S/C15H15N5O3S/c1-23-10-6-8(5-9(21)7-10)18-13-11(12(16)22)14-17-3-4-20(14)15(19-13)24-2/h3-7,18,21H,1-2H3,(H2,16,22). The fraction of sp³-hybridized carbons (Fsp3) is 0.133. The van der Waals surface area contributed by atoms with Crippen LogP contribution in [0.1, 0.15) is 10.4 Å². The van der Waals surface area contributed by atoms with Gasteiger partial charge in [0.05, 0.1) is 7.11 Å². The van der Waals surface area contributed by atoms with Crippen LogP contribution in [0, 0.1) is 0 Å². The van der Waals surface area contributed by atoms with Crippen LogP contribution in [0.2, 0.25) is 0 Å². The Morgan fingerprint density at radius 2 is 2.21 bits per heavy atom. The highest BCUT2D eigenvalue weighted by atomic mass is 32.2. The maximum absolute atomic E-state index is 11.9. The molecule has 0 spiro atoms. The van der Waals surface area contributed by atoms with E-state index in [0.717, 1.165) is 0 Å². The molecule has 0 saturated carbocycles. The largest absolute Gasteiger partial charge is 0.508 e. The summed E-state index contributed by atoms with van der Waals surface area (Å²) in [6, 6.07) is 4.63. The first-order chi connectivity index (χ1) is 11.5. The highest BCUT2D eigenvalue weighted by Crippen LogP contribution is 2.30. The van der Waals surface area contributed by atoms with Gasteiger partial charge in [0.2, 0.25) is 0 Å². The summed E-state index contributed by atoms with van der Waals surface area (Å²) in [6.07, 6.45) is 5.15. The number of fused-ring (bicyclic) bond motifs is 1. The number of aromatic nitrogens is 3. The Balaban J connectivity index is 2.16. The van der Waals surface area contributed by atoms with E-state index in [1.54, 1.807) is 22.9 Å². The molecule has 0 radical (unpaired) electrons. The summed E-state index contributed by atoms with van der Waals surface area (Å²) in [7, 11) is 1.49. The number of carbonyl (C=O) groups is 1. The van der Waals surface area contributed by atoms with Crippen LogP contribution in [0.4, 0.5) is 11.5 Å². The average Bonchev–Trinajstić information content (AvgIpc) is 3.02. The van der Waals surface area contributed by atoms with Crippen molar-refractivity contribution in [2.75, 3.05) is 18.7 Å². The molecule has 1 amide bonds. The minimum absolute atomic E-state index is 0.0180. The van der Waals surface area contributed by atoms with Crippen LogP contribution in [0.15, 0.2) is 35.7 Å². The maximum atomic E-state index is 11.9. The Morgan fingerprint density at radius 3 is 2.88 bits per heavy atom. The third kappa shape index (κ3) is 2.81. The van der Waals surface area contributed by atoms with Crippen LogP contribution in [0.5, 0.6) is 11.5 Å². The van der Waals surface area contributed by atoms with Crippen molar-refractivity contribution >= 4 is 34.8 Å². The number of phenolic OH excluding ortho intramolecular Hbond substituents is 1. The first kappa shape index (κ1) is 15.9. The van der Waals surface area contributed by atoms with E-state index in [9.17, 15) is 9.90 Å². The summed E-state index contributed by atoms with van der Waals surface area (Å²) < 4.78 is 6.81. The second kappa shape index (κ2) is 6.28. The van der Waals surface area contributed by atoms with Gasteiger partial charge in [0, 0.05) is 36.3 Å². The maximum Gasteiger partial charge on any atom is 0.256 e. The Bertz CT molecular complexity index is 925. The molecule has 124 valence electrons. The number of imidazole rings is 1. The fourth-order valence-corrected chi connectivity index (χ4v) is 2.85. The monoisotopic (exact) mass is 345 g/mol. The Labute approximate surface area is 141 Å². The van der Waals surface area contributed by atoms with Gasteiger partial charge in [-0.2, -0.15) is 0 Å².